The molecule has 0 spiro atoms. The average molecular weight is 366 g/mol. The molecule has 0 aromatic heterocycles. The lowest BCUT2D eigenvalue weighted by molar-refractivity contribution is 0.0694. The Hall–Kier alpha value is -2.54. The van der Waals surface area contributed by atoms with E-state index in [1.165, 1.54) is 31.5 Å². The average Bonchev–Trinajstić information content (AvgIpc) is 2.47. The van der Waals surface area contributed by atoms with E-state index in [9.17, 15) is 15.0 Å². The van der Waals surface area contributed by atoms with E-state index in [4.69, 9.17) is 9.84 Å². The number of hydrogen-bond donors (Lipinski definition) is 3. The summed E-state index contributed by atoms with van der Waals surface area (Å²) in [5.41, 5.74) is 0.555. The Morgan fingerprint density at radius 2 is 2.00 bits per heavy atom. The number of aliphatic imine (C=N–C) groups is 1. The number of carbonyl (C=O) groups is 1. The molecular formula is C15H12BrNO5. The molecule has 3 N–H and O–H groups in total. The number of hydrogen-bond acceptors (Lipinski definition) is 5. The van der Waals surface area contributed by atoms with Gasteiger partial charge in [0.05, 0.1) is 12.8 Å². The number of phenolic OH excluding ortho intramolecular Hbond substituents is 1. The van der Waals surface area contributed by atoms with E-state index in [-0.39, 0.29) is 17.1 Å². The summed E-state index contributed by atoms with van der Waals surface area (Å²) >= 11 is 3.29. The van der Waals surface area contributed by atoms with Gasteiger partial charge in [-0.2, -0.15) is 0 Å². The fourth-order valence-electron chi connectivity index (χ4n) is 1.77. The van der Waals surface area contributed by atoms with E-state index in [0.29, 0.717) is 21.5 Å². The molecule has 114 valence electrons. The lowest BCUT2D eigenvalue weighted by atomic mass is 10.1. The van der Waals surface area contributed by atoms with Crippen LogP contribution in [-0.4, -0.2) is 34.6 Å². The van der Waals surface area contributed by atoms with E-state index >= 15 is 0 Å². The monoisotopic (exact) mass is 365 g/mol. The van der Waals surface area contributed by atoms with Crippen LogP contribution in [0.2, 0.25) is 0 Å². The second-order valence-corrected chi connectivity index (χ2v) is 5.23. The van der Waals surface area contributed by atoms with Crippen molar-refractivity contribution >= 4 is 33.8 Å². The smallest absolute Gasteiger partial charge is 0.339 e. The Balaban J connectivity index is 2.35. The summed E-state index contributed by atoms with van der Waals surface area (Å²) in [5.74, 6) is -1.37. The van der Waals surface area contributed by atoms with Gasteiger partial charge >= 0.3 is 5.97 Å². The molecule has 6 nitrogen and oxygen atoms in total. The summed E-state index contributed by atoms with van der Waals surface area (Å²) in [4.78, 5) is 14.9. The highest BCUT2D eigenvalue weighted by atomic mass is 79.9. The molecule has 0 aliphatic rings. The number of rotatable bonds is 4. The van der Waals surface area contributed by atoms with Gasteiger partial charge in [-0.1, -0.05) is 15.9 Å². The Morgan fingerprint density at radius 3 is 2.59 bits per heavy atom. The van der Waals surface area contributed by atoms with Gasteiger partial charge in [-0.3, -0.25) is 4.99 Å². The van der Waals surface area contributed by atoms with Gasteiger partial charge in [-0.05, 0) is 24.3 Å². The number of carboxylic acids is 1. The van der Waals surface area contributed by atoms with Crippen LogP contribution in [0.25, 0.3) is 0 Å². The Kier molecular flexibility index (Phi) is 4.67. The van der Waals surface area contributed by atoms with Crippen molar-refractivity contribution in [1.29, 1.82) is 0 Å². The second kappa shape index (κ2) is 6.48. The van der Waals surface area contributed by atoms with Gasteiger partial charge in [-0.25, -0.2) is 4.79 Å². The molecule has 22 heavy (non-hydrogen) atoms. The first-order valence-corrected chi connectivity index (χ1v) is 6.88. The number of ether oxygens (including phenoxy) is 1. The van der Waals surface area contributed by atoms with Gasteiger partial charge < -0.3 is 20.1 Å². The normalized spacial score (nSPS) is 10.8. The second-order valence-electron chi connectivity index (χ2n) is 4.31. The minimum atomic E-state index is -1.22. The van der Waals surface area contributed by atoms with Crippen LogP contribution < -0.4 is 4.74 Å². The van der Waals surface area contributed by atoms with E-state index < -0.39 is 5.97 Å². The molecule has 0 saturated carbocycles. The maximum Gasteiger partial charge on any atom is 0.339 e. The Labute approximate surface area is 134 Å². The molecule has 2 aromatic rings. The van der Waals surface area contributed by atoms with Gasteiger partial charge in [0.25, 0.3) is 0 Å². The van der Waals surface area contributed by atoms with Gasteiger partial charge in [0.2, 0.25) is 0 Å². The highest BCUT2D eigenvalue weighted by Gasteiger charge is 2.10. The number of phenols is 2. The van der Waals surface area contributed by atoms with E-state index in [2.05, 4.69) is 20.9 Å². The number of methoxy groups -OCH3 is 1. The molecule has 0 fully saturated rings. The lowest BCUT2D eigenvalue weighted by Gasteiger charge is -2.06. The molecule has 0 bridgehead atoms. The van der Waals surface area contributed by atoms with Crippen LogP contribution in [0.5, 0.6) is 17.2 Å². The number of halogens is 1. The fourth-order valence-corrected chi connectivity index (χ4v) is 2.23. The van der Waals surface area contributed by atoms with Crippen LogP contribution in [0.3, 0.4) is 0 Å². The highest BCUT2D eigenvalue weighted by molar-refractivity contribution is 9.10. The van der Waals surface area contributed by atoms with E-state index in [1.54, 1.807) is 12.1 Å². The molecule has 0 amide bonds. The molecular weight excluding hydrogens is 354 g/mol. The first-order chi connectivity index (χ1) is 10.4. The number of benzene rings is 2. The first-order valence-electron chi connectivity index (χ1n) is 6.09. The van der Waals surface area contributed by atoms with Crippen LogP contribution in [-0.2, 0) is 0 Å². The molecule has 0 atom stereocenters. The summed E-state index contributed by atoms with van der Waals surface area (Å²) in [7, 11) is 1.44. The van der Waals surface area contributed by atoms with E-state index in [1.807, 2.05) is 0 Å². The summed E-state index contributed by atoms with van der Waals surface area (Å²) in [6.07, 6.45) is 1.39. The zero-order valence-corrected chi connectivity index (χ0v) is 13.0. The Morgan fingerprint density at radius 1 is 1.27 bits per heavy atom. The molecule has 0 unspecified atom stereocenters. The fraction of sp³-hybridized carbons (Fsp3) is 0.0667. The SMILES string of the molecule is COc1cc(Br)cc(C=Nc2ccc(C(=O)O)c(O)c2)c1O. The van der Waals surface area contributed by atoms with Crippen molar-refractivity contribution in [3.63, 3.8) is 0 Å². The number of carboxylic acid groups (broad SMARTS) is 1. The van der Waals surface area contributed by atoms with Crippen LogP contribution in [0, 0.1) is 0 Å². The zero-order valence-electron chi connectivity index (χ0n) is 11.4. The maximum atomic E-state index is 10.8. The van der Waals surface area contributed by atoms with Crippen molar-refractivity contribution in [3.05, 3.63) is 45.9 Å². The topological polar surface area (TPSA) is 99.4 Å². The minimum absolute atomic E-state index is 0.0687. The van der Waals surface area contributed by atoms with Crippen molar-refractivity contribution in [3.8, 4) is 17.2 Å². The van der Waals surface area contributed by atoms with Crippen molar-refractivity contribution in [2.24, 2.45) is 4.99 Å². The predicted molar refractivity (Wildman–Crippen MR) is 84.7 cm³/mol. The molecule has 2 aromatic carbocycles. The van der Waals surface area contributed by atoms with Gasteiger partial charge in [0.15, 0.2) is 11.5 Å². The Bertz CT molecular complexity index is 758. The maximum absolute atomic E-state index is 10.8. The summed E-state index contributed by atoms with van der Waals surface area (Å²) in [6, 6.07) is 7.19. The third kappa shape index (κ3) is 3.37. The minimum Gasteiger partial charge on any atom is -0.507 e. The molecule has 0 aliphatic carbocycles. The van der Waals surface area contributed by atoms with Crippen LogP contribution in [0.1, 0.15) is 15.9 Å². The first kappa shape index (κ1) is 15.8. The van der Waals surface area contributed by atoms with Crippen molar-refractivity contribution in [2.45, 2.75) is 0 Å². The molecule has 0 saturated heterocycles. The van der Waals surface area contributed by atoms with Crippen LogP contribution >= 0.6 is 15.9 Å². The van der Waals surface area contributed by atoms with Gasteiger partial charge in [0.1, 0.15) is 11.3 Å². The zero-order chi connectivity index (χ0) is 16.3. The third-order valence-corrected chi connectivity index (χ3v) is 3.31. The van der Waals surface area contributed by atoms with Crippen molar-refractivity contribution in [1.82, 2.24) is 0 Å². The van der Waals surface area contributed by atoms with Crippen LogP contribution in [0.4, 0.5) is 5.69 Å². The molecule has 0 radical (unpaired) electrons. The highest BCUT2D eigenvalue weighted by Crippen LogP contribution is 2.33. The predicted octanol–water partition coefficient (Wildman–Crippen LogP) is 3.32. The standard InChI is InChI=1S/C15H12BrNO5/c1-22-13-5-9(16)4-8(14(13)19)7-17-10-2-3-11(15(20)21)12(18)6-10/h2-7,18-19H,1H3,(H,20,21). The van der Waals surface area contributed by atoms with Gasteiger partial charge in [0, 0.05) is 22.3 Å². The third-order valence-electron chi connectivity index (χ3n) is 2.85. The largest absolute Gasteiger partial charge is 0.507 e. The summed E-state index contributed by atoms with van der Waals surface area (Å²) in [5, 5.41) is 28.4. The summed E-state index contributed by atoms with van der Waals surface area (Å²) < 4.78 is 5.73. The van der Waals surface area contributed by atoms with Crippen molar-refractivity contribution < 1.29 is 24.9 Å². The number of nitrogens with zero attached hydrogens (tertiary/aromatic N) is 1. The quantitative estimate of drug-likeness (QED) is 0.721. The molecule has 2 rings (SSSR count). The summed E-state index contributed by atoms with van der Waals surface area (Å²) in [6.45, 7) is 0. The number of aromatic hydroxyl groups is 2. The van der Waals surface area contributed by atoms with Crippen molar-refractivity contribution in [2.75, 3.05) is 7.11 Å². The molecule has 7 heteroatoms. The lowest BCUT2D eigenvalue weighted by Crippen LogP contribution is -1.95. The number of aromatic carboxylic acids is 1. The van der Waals surface area contributed by atoms with Gasteiger partial charge in [-0.15, -0.1) is 0 Å². The molecule has 0 aliphatic heterocycles. The van der Waals surface area contributed by atoms with Crippen LogP contribution in [0.15, 0.2) is 39.8 Å². The molecule has 0 heterocycles. The van der Waals surface area contributed by atoms with E-state index in [0.717, 1.165) is 0 Å².